The fraction of sp³-hybridized carbons (Fsp3) is 0.667. The molecule has 2 atom stereocenters. The molecule has 1 aromatic rings. The van der Waals surface area contributed by atoms with E-state index in [4.69, 9.17) is 0 Å². The van der Waals surface area contributed by atoms with Crippen LogP contribution in [0.1, 0.15) is 50.0 Å². The number of hydrogen-bond acceptors (Lipinski definition) is 4. The van der Waals surface area contributed by atoms with Gasteiger partial charge in [-0.25, -0.2) is 4.98 Å². The highest BCUT2D eigenvalue weighted by molar-refractivity contribution is 5.92. The van der Waals surface area contributed by atoms with Crippen molar-refractivity contribution in [1.29, 1.82) is 0 Å². The third-order valence-electron chi connectivity index (χ3n) is 3.82. The average Bonchev–Trinajstić information content (AvgIpc) is 2.45. The van der Waals surface area contributed by atoms with Crippen molar-refractivity contribution in [3.63, 3.8) is 0 Å². The lowest BCUT2D eigenvalue weighted by Gasteiger charge is -2.26. The van der Waals surface area contributed by atoms with Crippen LogP contribution < -0.4 is 10.6 Å². The number of nitrogens with one attached hydrogen (secondary N) is 2. The molecular weight excluding hydrogens is 252 g/mol. The van der Waals surface area contributed by atoms with Crippen molar-refractivity contribution >= 4 is 11.7 Å². The minimum atomic E-state index is -0.129. The van der Waals surface area contributed by atoms with Crippen LogP contribution in [0.25, 0.3) is 0 Å². The molecule has 2 rings (SSSR count). The van der Waals surface area contributed by atoms with Gasteiger partial charge in [-0.05, 0) is 31.6 Å². The summed E-state index contributed by atoms with van der Waals surface area (Å²) in [5.41, 5.74) is 0.382. The van der Waals surface area contributed by atoms with E-state index in [0.717, 1.165) is 19.0 Å². The maximum Gasteiger partial charge on any atom is 0.271 e. The van der Waals surface area contributed by atoms with Crippen molar-refractivity contribution in [2.24, 2.45) is 11.8 Å². The Balaban J connectivity index is 1.86. The number of carbonyl (C=O) groups is 1. The molecule has 0 aromatic carbocycles. The van der Waals surface area contributed by atoms with E-state index in [1.54, 1.807) is 6.20 Å². The molecule has 0 aliphatic heterocycles. The smallest absolute Gasteiger partial charge is 0.271 e. The molecule has 1 heterocycles. The first kappa shape index (κ1) is 14.8. The Morgan fingerprint density at radius 3 is 3.00 bits per heavy atom. The molecule has 5 nitrogen and oxygen atoms in total. The highest BCUT2D eigenvalue weighted by Gasteiger charge is 2.19. The molecule has 20 heavy (non-hydrogen) atoms. The van der Waals surface area contributed by atoms with Crippen LogP contribution in [0.2, 0.25) is 0 Å². The van der Waals surface area contributed by atoms with Gasteiger partial charge in [-0.15, -0.1) is 0 Å². The minimum Gasteiger partial charge on any atom is -0.369 e. The number of hydrogen-bond donors (Lipinski definition) is 2. The molecule has 1 amide bonds. The Morgan fingerprint density at radius 2 is 2.25 bits per heavy atom. The van der Waals surface area contributed by atoms with Gasteiger partial charge in [0.25, 0.3) is 5.91 Å². The average molecular weight is 276 g/mol. The molecule has 1 aromatic heterocycles. The van der Waals surface area contributed by atoms with Crippen molar-refractivity contribution in [2.75, 3.05) is 18.4 Å². The van der Waals surface area contributed by atoms with E-state index in [1.807, 2.05) is 6.92 Å². The second kappa shape index (κ2) is 7.22. The van der Waals surface area contributed by atoms with E-state index in [9.17, 15) is 4.79 Å². The van der Waals surface area contributed by atoms with E-state index < -0.39 is 0 Å². The number of rotatable bonds is 5. The minimum absolute atomic E-state index is 0.129. The van der Waals surface area contributed by atoms with E-state index in [-0.39, 0.29) is 5.91 Å². The molecule has 0 radical (unpaired) electrons. The summed E-state index contributed by atoms with van der Waals surface area (Å²) in [6.07, 6.45) is 8.16. The number of aromatic nitrogens is 2. The van der Waals surface area contributed by atoms with Crippen molar-refractivity contribution in [1.82, 2.24) is 15.3 Å². The van der Waals surface area contributed by atoms with E-state index >= 15 is 0 Å². The zero-order valence-electron chi connectivity index (χ0n) is 12.4. The molecular formula is C15H24N4O. The van der Waals surface area contributed by atoms with Crippen molar-refractivity contribution in [3.8, 4) is 0 Å². The van der Waals surface area contributed by atoms with Crippen LogP contribution >= 0.6 is 0 Å². The Bertz CT molecular complexity index is 449. The lowest BCUT2D eigenvalue weighted by Crippen LogP contribution is -2.32. The highest BCUT2D eigenvalue weighted by Crippen LogP contribution is 2.27. The second-order valence-electron chi connectivity index (χ2n) is 5.67. The quantitative estimate of drug-likeness (QED) is 0.867. The van der Waals surface area contributed by atoms with E-state index in [2.05, 4.69) is 27.5 Å². The number of carbonyl (C=O) groups excluding carboxylic acids is 1. The number of nitrogens with zero attached hydrogens (tertiary/aromatic N) is 2. The second-order valence-corrected chi connectivity index (χ2v) is 5.67. The van der Waals surface area contributed by atoms with Crippen LogP contribution in [0.5, 0.6) is 0 Å². The van der Waals surface area contributed by atoms with Crippen molar-refractivity contribution in [2.45, 2.75) is 39.5 Å². The Hall–Kier alpha value is -1.65. The summed E-state index contributed by atoms with van der Waals surface area (Å²) in [4.78, 5) is 20.4. The SMILES string of the molecule is CCNc1cncc(C(=O)NCC2CCCC(C)C2)n1. The predicted molar refractivity (Wildman–Crippen MR) is 79.7 cm³/mol. The van der Waals surface area contributed by atoms with E-state index in [0.29, 0.717) is 17.4 Å². The molecule has 0 spiro atoms. The highest BCUT2D eigenvalue weighted by atomic mass is 16.1. The summed E-state index contributed by atoms with van der Waals surface area (Å²) in [7, 11) is 0. The molecule has 110 valence electrons. The molecule has 1 aliphatic rings. The van der Waals surface area contributed by atoms with Crippen LogP contribution in [0.15, 0.2) is 12.4 Å². The first-order valence-corrected chi connectivity index (χ1v) is 7.53. The lowest BCUT2D eigenvalue weighted by molar-refractivity contribution is 0.0935. The maximum atomic E-state index is 12.1. The Morgan fingerprint density at radius 1 is 1.40 bits per heavy atom. The van der Waals surface area contributed by atoms with Crippen LogP contribution in [-0.2, 0) is 0 Å². The third-order valence-corrected chi connectivity index (χ3v) is 3.82. The summed E-state index contributed by atoms with van der Waals surface area (Å²) in [5, 5.41) is 6.05. The van der Waals surface area contributed by atoms with Gasteiger partial charge in [0.15, 0.2) is 0 Å². The van der Waals surface area contributed by atoms with Gasteiger partial charge in [-0.1, -0.05) is 19.8 Å². The van der Waals surface area contributed by atoms with Crippen LogP contribution in [-0.4, -0.2) is 29.0 Å². The summed E-state index contributed by atoms with van der Waals surface area (Å²) in [6, 6.07) is 0. The molecule has 0 bridgehead atoms. The fourth-order valence-electron chi connectivity index (χ4n) is 2.81. The Kier molecular flexibility index (Phi) is 5.32. The maximum absolute atomic E-state index is 12.1. The van der Waals surface area contributed by atoms with Crippen LogP contribution in [0.4, 0.5) is 5.82 Å². The first-order valence-electron chi connectivity index (χ1n) is 7.53. The zero-order valence-corrected chi connectivity index (χ0v) is 12.4. The van der Waals surface area contributed by atoms with Crippen LogP contribution in [0, 0.1) is 11.8 Å². The van der Waals surface area contributed by atoms with E-state index in [1.165, 1.54) is 31.9 Å². The summed E-state index contributed by atoms with van der Waals surface area (Å²) in [5.74, 6) is 1.90. The molecule has 5 heteroatoms. The summed E-state index contributed by atoms with van der Waals surface area (Å²) >= 11 is 0. The molecule has 2 N–H and O–H groups in total. The zero-order chi connectivity index (χ0) is 14.4. The van der Waals surface area contributed by atoms with Gasteiger partial charge in [-0.3, -0.25) is 9.78 Å². The normalized spacial score (nSPS) is 22.3. The molecule has 1 fully saturated rings. The lowest BCUT2D eigenvalue weighted by atomic mass is 9.82. The summed E-state index contributed by atoms with van der Waals surface area (Å²) < 4.78 is 0. The largest absolute Gasteiger partial charge is 0.369 e. The number of anilines is 1. The van der Waals surface area contributed by atoms with Crippen molar-refractivity contribution < 1.29 is 4.79 Å². The molecule has 2 unspecified atom stereocenters. The summed E-state index contributed by atoms with van der Waals surface area (Å²) in [6.45, 7) is 5.79. The van der Waals surface area contributed by atoms with Gasteiger partial charge in [0.1, 0.15) is 11.5 Å². The molecule has 1 aliphatic carbocycles. The van der Waals surface area contributed by atoms with Gasteiger partial charge in [0.2, 0.25) is 0 Å². The standard InChI is InChI=1S/C15H24N4O/c1-3-17-14-10-16-9-13(19-14)15(20)18-8-12-6-4-5-11(2)7-12/h9-12H,3-8H2,1-2H3,(H,17,19)(H,18,20). The topological polar surface area (TPSA) is 66.9 Å². The van der Waals surface area contributed by atoms with Gasteiger partial charge >= 0.3 is 0 Å². The van der Waals surface area contributed by atoms with Gasteiger partial charge in [-0.2, -0.15) is 0 Å². The Labute approximate surface area is 120 Å². The third kappa shape index (κ3) is 4.18. The monoisotopic (exact) mass is 276 g/mol. The number of amides is 1. The van der Waals surface area contributed by atoms with Crippen molar-refractivity contribution in [3.05, 3.63) is 18.1 Å². The fourth-order valence-corrected chi connectivity index (χ4v) is 2.81. The van der Waals surface area contributed by atoms with Gasteiger partial charge < -0.3 is 10.6 Å². The van der Waals surface area contributed by atoms with Crippen LogP contribution in [0.3, 0.4) is 0 Å². The molecule has 0 saturated heterocycles. The van der Waals surface area contributed by atoms with Gasteiger partial charge in [0, 0.05) is 13.1 Å². The predicted octanol–water partition coefficient (Wildman–Crippen LogP) is 2.46. The van der Waals surface area contributed by atoms with Gasteiger partial charge in [0.05, 0.1) is 12.4 Å². The molecule has 1 saturated carbocycles. The first-order chi connectivity index (χ1) is 9.69.